The molecule has 0 bridgehead atoms. The molecule has 3 rings (SSSR count). The Morgan fingerprint density at radius 1 is 1.43 bits per heavy atom. The van der Waals surface area contributed by atoms with Crippen LogP contribution >= 0.6 is 0 Å². The third kappa shape index (κ3) is 3.90. The quantitative estimate of drug-likeness (QED) is 0.926. The lowest BCUT2D eigenvalue weighted by Crippen LogP contribution is -2.46. The minimum atomic E-state index is -0.904. The van der Waals surface area contributed by atoms with Crippen LogP contribution in [-0.2, 0) is 15.1 Å². The number of hydrogen-bond acceptors (Lipinski definition) is 4. The summed E-state index contributed by atoms with van der Waals surface area (Å²) in [6, 6.07) is 3.87. The van der Waals surface area contributed by atoms with E-state index in [2.05, 4.69) is 4.98 Å². The predicted octanol–water partition coefficient (Wildman–Crippen LogP) is 2.02. The summed E-state index contributed by atoms with van der Waals surface area (Å²) in [7, 11) is 0. The van der Waals surface area contributed by atoms with E-state index < -0.39 is 5.60 Å². The third-order valence-corrected chi connectivity index (χ3v) is 5.05. The molecule has 2 aliphatic rings. The van der Waals surface area contributed by atoms with Crippen LogP contribution in [0.3, 0.4) is 0 Å². The number of piperidine rings is 1. The van der Waals surface area contributed by atoms with Crippen LogP contribution in [0.5, 0.6) is 0 Å². The molecule has 0 aliphatic carbocycles. The lowest BCUT2D eigenvalue weighted by molar-refractivity contribution is -0.138. The van der Waals surface area contributed by atoms with Crippen molar-refractivity contribution in [1.29, 1.82) is 0 Å². The van der Waals surface area contributed by atoms with Gasteiger partial charge < -0.3 is 14.7 Å². The molecular formula is C18H26N2O3. The molecule has 23 heavy (non-hydrogen) atoms. The number of aromatic nitrogens is 1. The average Bonchev–Trinajstić information content (AvgIpc) is 2.57. The summed E-state index contributed by atoms with van der Waals surface area (Å²) in [5.74, 6) is 0.551. The van der Waals surface area contributed by atoms with Crippen LogP contribution in [0.1, 0.15) is 43.4 Å². The van der Waals surface area contributed by atoms with E-state index in [1.807, 2.05) is 24.0 Å². The number of hydrogen-bond donors (Lipinski definition) is 1. The van der Waals surface area contributed by atoms with Crippen molar-refractivity contribution in [1.82, 2.24) is 9.88 Å². The normalized spacial score (nSPS) is 24.4. The molecule has 2 saturated heterocycles. The molecule has 3 heterocycles. The Labute approximate surface area is 137 Å². The zero-order valence-corrected chi connectivity index (χ0v) is 13.8. The highest BCUT2D eigenvalue weighted by Gasteiger charge is 2.36. The molecule has 0 saturated carbocycles. The van der Waals surface area contributed by atoms with Crippen molar-refractivity contribution in [2.45, 2.75) is 44.6 Å². The second kappa shape index (κ2) is 6.97. The van der Waals surface area contributed by atoms with Crippen LogP contribution in [0.2, 0.25) is 0 Å². The smallest absolute Gasteiger partial charge is 0.222 e. The third-order valence-electron chi connectivity index (χ3n) is 5.05. The number of aliphatic hydroxyl groups is 1. The summed E-state index contributed by atoms with van der Waals surface area (Å²) >= 11 is 0. The van der Waals surface area contributed by atoms with E-state index in [0.29, 0.717) is 44.9 Å². The molecule has 1 N–H and O–H groups in total. The van der Waals surface area contributed by atoms with Gasteiger partial charge in [0, 0.05) is 38.9 Å². The number of aryl methyl sites for hydroxylation is 1. The van der Waals surface area contributed by atoms with E-state index in [-0.39, 0.29) is 5.91 Å². The molecule has 2 fully saturated rings. The van der Waals surface area contributed by atoms with E-state index in [0.717, 1.165) is 30.7 Å². The SMILES string of the molecule is Cc1ccc(C2(O)CCN(C(=O)CC3CCCOC3)CC2)nc1. The van der Waals surface area contributed by atoms with Crippen molar-refractivity contribution in [3.63, 3.8) is 0 Å². The molecular weight excluding hydrogens is 292 g/mol. The van der Waals surface area contributed by atoms with Crippen LogP contribution in [0.4, 0.5) is 0 Å². The highest BCUT2D eigenvalue weighted by atomic mass is 16.5. The number of rotatable bonds is 3. The summed E-state index contributed by atoms with van der Waals surface area (Å²) in [5.41, 5.74) is 0.897. The maximum absolute atomic E-state index is 12.4. The van der Waals surface area contributed by atoms with Gasteiger partial charge in [0.15, 0.2) is 0 Å². The van der Waals surface area contributed by atoms with Gasteiger partial charge in [0.1, 0.15) is 5.60 Å². The predicted molar refractivity (Wildman–Crippen MR) is 86.8 cm³/mol. The van der Waals surface area contributed by atoms with E-state index in [1.54, 1.807) is 6.20 Å². The maximum Gasteiger partial charge on any atom is 0.222 e. The summed E-state index contributed by atoms with van der Waals surface area (Å²) in [6.45, 7) is 4.70. The van der Waals surface area contributed by atoms with Gasteiger partial charge in [-0.15, -0.1) is 0 Å². The molecule has 0 aromatic carbocycles. The van der Waals surface area contributed by atoms with Crippen LogP contribution < -0.4 is 0 Å². The number of likely N-dealkylation sites (tertiary alicyclic amines) is 1. The Morgan fingerprint density at radius 2 is 2.22 bits per heavy atom. The first kappa shape index (κ1) is 16.4. The Balaban J connectivity index is 1.54. The summed E-state index contributed by atoms with van der Waals surface area (Å²) < 4.78 is 5.45. The fourth-order valence-electron chi connectivity index (χ4n) is 3.47. The number of ether oxygens (including phenoxy) is 1. The molecule has 1 aromatic heterocycles. The molecule has 126 valence electrons. The van der Waals surface area contributed by atoms with Gasteiger partial charge in [-0.25, -0.2) is 0 Å². The minimum absolute atomic E-state index is 0.194. The van der Waals surface area contributed by atoms with Gasteiger partial charge in [0.05, 0.1) is 5.69 Å². The monoisotopic (exact) mass is 318 g/mol. The molecule has 0 spiro atoms. The van der Waals surface area contributed by atoms with Crippen molar-refractivity contribution < 1.29 is 14.6 Å². The van der Waals surface area contributed by atoms with Gasteiger partial charge in [-0.05, 0) is 50.2 Å². The molecule has 1 unspecified atom stereocenters. The number of nitrogens with zero attached hydrogens (tertiary/aromatic N) is 2. The Morgan fingerprint density at radius 3 is 2.83 bits per heavy atom. The fourth-order valence-corrected chi connectivity index (χ4v) is 3.47. The summed E-state index contributed by atoms with van der Waals surface area (Å²) in [5, 5.41) is 10.8. The van der Waals surface area contributed by atoms with E-state index in [1.165, 1.54) is 0 Å². The molecule has 5 heteroatoms. The molecule has 1 amide bonds. The summed E-state index contributed by atoms with van der Waals surface area (Å²) in [4.78, 5) is 18.7. The number of carbonyl (C=O) groups is 1. The molecule has 0 radical (unpaired) electrons. The van der Waals surface area contributed by atoms with Crippen molar-refractivity contribution >= 4 is 5.91 Å². The van der Waals surface area contributed by atoms with Gasteiger partial charge in [-0.1, -0.05) is 6.07 Å². The van der Waals surface area contributed by atoms with Gasteiger partial charge in [-0.2, -0.15) is 0 Å². The topological polar surface area (TPSA) is 62.7 Å². The minimum Gasteiger partial charge on any atom is -0.383 e. The van der Waals surface area contributed by atoms with Crippen LogP contribution in [0, 0.1) is 12.8 Å². The van der Waals surface area contributed by atoms with Crippen LogP contribution in [-0.4, -0.2) is 47.2 Å². The molecule has 1 aromatic rings. The highest BCUT2D eigenvalue weighted by Crippen LogP contribution is 2.32. The first-order valence-electron chi connectivity index (χ1n) is 8.58. The van der Waals surface area contributed by atoms with E-state index in [9.17, 15) is 9.90 Å². The Bertz CT molecular complexity index is 530. The van der Waals surface area contributed by atoms with Gasteiger partial charge in [0.2, 0.25) is 5.91 Å². The van der Waals surface area contributed by atoms with Crippen molar-refractivity contribution in [3.05, 3.63) is 29.6 Å². The summed E-state index contributed by atoms with van der Waals surface area (Å²) in [6.07, 6.45) is 5.59. The zero-order valence-electron chi connectivity index (χ0n) is 13.8. The standard InChI is InChI=1S/C18H26N2O3/c1-14-4-5-16(19-12-14)18(22)6-8-20(9-7-18)17(21)11-15-3-2-10-23-13-15/h4-5,12,15,22H,2-3,6-11,13H2,1H3. The van der Waals surface area contributed by atoms with Crippen LogP contribution in [0.25, 0.3) is 0 Å². The second-order valence-corrected chi connectivity index (χ2v) is 6.92. The second-order valence-electron chi connectivity index (χ2n) is 6.92. The van der Waals surface area contributed by atoms with Crippen molar-refractivity contribution in [2.75, 3.05) is 26.3 Å². The lowest BCUT2D eigenvalue weighted by Gasteiger charge is -2.38. The largest absolute Gasteiger partial charge is 0.383 e. The molecule has 2 aliphatic heterocycles. The van der Waals surface area contributed by atoms with Gasteiger partial charge in [-0.3, -0.25) is 9.78 Å². The van der Waals surface area contributed by atoms with Crippen molar-refractivity contribution in [2.24, 2.45) is 5.92 Å². The number of carbonyl (C=O) groups excluding carboxylic acids is 1. The van der Waals surface area contributed by atoms with Crippen LogP contribution in [0.15, 0.2) is 18.3 Å². The Kier molecular flexibility index (Phi) is 4.97. The average molecular weight is 318 g/mol. The molecule has 1 atom stereocenters. The number of amides is 1. The van der Waals surface area contributed by atoms with E-state index in [4.69, 9.17) is 4.74 Å². The zero-order chi connectivity index (χ0) is 16.3. The maximum atomic E-state index is 12.4. The molecule has 5 nitrogen and oxygen atoms in total. The first-order valence-corrected chi connectivity index (χ1v) is 8.58. The van der Waals surface area contributed by atoms with Crippen molar-refractivity contribution in [3.8, 4) is 0 Å². The van der Waals surface area contributed by atoms with E-state index >= 15 is 0 Å². The van der Waals surface area contributed by atoms with Gasteiger partial charge in [0.25, 0.3) is 0 Å². The van der Waals surface area contributed by atoms with Gasteiger partial charge >= 0.3 is 0 Å². The number of pyridine rings is 1. The fraction of sp³-hybridized carbons (Fsp3) is 0.667. The highest BCUT2D eigenvalue weighted by molar-refractivity contribution is 5.76. The Hall–Kier alpha value is -1.46. The lowest BCUT2D eigenvalue weighted by atomic mass is 9.87. The first-order chi connectivity index (χ1) is 11.1.